The Bertz CT molecular complexity index is 205. The fourth-order valence-electron chi connectivity index (χ4n) is 1.23. The first-order chi connectivity index (χ1) is 7.52. The number of esters is 1. The summed E-state index contributed by atoms with van der Waals surface area (Å²) in [6.07, 6.45) is 8.03. The second kappa shape index (κ2) is 9.44. The highest BCUT2D eigenvalue weighted by Crippen LogP contribution is 2.05. The van der Waals surface area contributed by atoms with Crippen molar-refractivity contribution in [3.63, 3.8) is 0 Å². The molecule has 0 aromatic rings. The van der Waals surface area contributed by atoms with E-state index in [2.05, 4.69) is 26.0 Å². The molecule has 0 aromatic carbocycles. The largest absolute Gasteiger partial charge is 0.465 e. The van der Waals surface area contributed by atoms with Gasteiger partial charge in [0.25, 0.3) is 0 Å². The van der Waals surface area contributed by atoms with Gasteiger partial charge in [-0.1, -0.05) is 39.8 Å². The normalized spacial score (nSPS) is 11.6. The average Bonchev–Trinajstić information content (AvgIpc) is 2.19. The summed E-state index contributed by atoms with van der Waals surface area (Å²) in [4.78, 5) is 11.2. The summed E-state index contributed by atoms with van der Waals surface area (Å²) in [5.41, 5.74) is 0. The van der Waals surface area contributed by atoms with E-state index < -0.39 is 0 Å². The van der Waals surface area contributed by atoms with Gasteiger partial charge in [0.15, 0.2) is 0 Å². The molecule has 0 saturated heterocycles. The van der Waals surface area contributed by atoms with Gasteiger partial charge in [-0.05, 0) is 31.1 Å². The molecule has 0 atom stereocenters. The van der Waals surface area contributed by atoms with Gasteiger partial charge in [-0.2, -0.15) is 0 Å². The van der Waals surface area contributed by atoms with Crippen LogP contribution in [0.2, 0.25) is 0 Å². The molecule has 2 heteroatoms. The minimum absolute atomic E-state index is 0.0541. The van der Waals surface area contributed by atoms with Gasteiger partial charge >= 0.3 is 5.97 Å². The number of hydrogen-bond donors (Lipinski definition) is 0. The van der Waals surface area contributed by atoms with Gasteiger partial charge in [-0.3, -0.25) is 4.79 Å². The molecule has 94 valence electrons. The van der Waals surface area contributed by atoms with Gasteiger partial charge in [0.2, 0.25) is 0 Å². The average molecular weight is 226 g/mol. The van der Waals surface area contributed by atoms with Gasteiger partial charge in [-0.25, -0.2) is 0 Å². The van der Waals surface area contributed by atoms with E-state index in [-0.39, 0.29) is 5.97 Å². The monoisotopic (exact) mass is 226 g/mol. The second-order valence-corrected chi connectivity index (χ2v) is 4.99. The van der Waals surface area contributed by atoms with Crippen LogP contribution in [0.4, 0.5) is 0 Å². The third kappa shape index (κ3) is 11.3. The number of unbranched alkanes of at least 4 members (excludes halogenated alkanes) is 2. The smallest absolute Gasteiger partial charge is 0.305 e. The topological polar surface area (TPSA) is 26.3 Å². The van der Waals surface area contributed by atoms with Gasteiger partial charge in [0.1, 0.15) is 0 Å². The Balaban J connectivity index is 3.34. The van der Waals surface area contributed by atoms with E-state index in [0.29, 0.717) is 24.9 Å². The predicted molar refractivity (Wildman–Crippen MR) is 68.2 cm³/mol. The molecule has 0 aromatic heterocycles. The molecule has 0 aliphatic carbocycles. The van der Waals surface area contributed by atoms with Crippen LogP contribution in [0.5, 0.6) is 0 Å². The maximum Gasteiger partial charge on any atom is 0.305 e. The van der Waals surface area contributed by atoms with Gasteiger partial charge in [0.05, 0.1) is 6.61 Å². The van der Waals surface area contributed by atoms with E-state index in [1.165, 1.54) is 0 Å². The van der Waals surface area contributed by atoms with Crippen molar-refractivity contribution in [2.45, 2.75) is 53.4 Å². The predicted octanol–water partition coefficient (Wildman–Crippen LogP) is 3.96. The number of hydrogen-bond acceptors (Lipinski definition) is 2. The second-order valence-electron chi connectivity index (χ2n) is 4.99. The molecule has 0 amide bonds. The number of carbonyl (C=O) groups is 1. The van der Waals surface area contributed by atoms with Gasteiger partial charge in [0, 0.05) is 6.42 Å². The molecule has 0 aliphatic heterocycles. The van der Waals surface area contributed by atoms with Crippen molar-refractivity contribution in [3.05, 3.63) is 12.2 Å². The summed E-state index contributed by atoms with van der Waals surface area (Å²) in [7, 11) is 0. The maximum atomic E-state index is 11.2. The molecule has 0 N–H and O–H groups in total. The van der Waals surface area contributed by atoms with E-state index >= 15 is 0 Å². The van der Waals surface area contributed by atoms with Crippen LogP contribution in [0.25, 0.3) is 0 Å². The van der Waals surface area contributed by atoms with Crippen LogP contribution in [-0.4, -0.2) is 12.6 Å². The Morgan fingerprint density at radius 2 is 1.88 bits per heavy atom. The first kappa shape index (κ1) is 15.2. The quantitative estimate of drug-likeness (QED) is 0.356. The molecular formula is C14H26O2. The minimum Gasteiger partial charge on any atom is -0.465 e. The van der Waals surface area contributed by atoms with Gasteiger partial charge < -0.3 is 4.74 Å². The zero-order chi connectivity index (χ0) is 12.4. The summed E-state index contributed by atoms with van der Waals surface area (Å²) < 4.78 is 5.09. The molecule has 0 unspecified atom stereocenters. The standard InChI is InChI=1S/C14H26O2/c1-12(2)9-7-5-6-8-10-14(15)16-11-13(3)4/h7,9,12-13H,5-6,8,10-11H2,1-4H3/b9-7+. The fourth-order valence-corrected chi connectivity index (χ4v) is 1.23. The Kier molecular flexibility index (Phi) is 8.97. The zero-order valence-electron chi connectivity index (χ0n) is 11.2. The van der Waals surface area contributed by atoms with Crippen LogP contribution in [0, 0.1) is 11.8 Å². The van der Waals surface area contributed by atoms with Crippen LogP contribution < -0.4 is 0 Å². The zero-order valence-corrected chi connectivity index (χ0v) is 11.2. The first-order valence-corrected chi connectivity index (χ1v) is 6.34. The van der Waals surface area contributed by atoms with E-state index in [1.807, 2.05) is 13.8 Å². The molecule has 16 heavy (non-hydrogen) atoms. The number of allylic oxidation sites excluding steroid dienone is 2. The summed E-state index contributed by atoms with van der Waals surface area (Å²) in [6.45, 7) is 8.97. The third-order valence-electron chi connectivity index (χ3n) is 2.10. The lowest BCUT2D eigenvalue weighted by molar-refractivity contribution is -0.144. The highest BCUT2D eigenvalue weighted by molar-refractivity contribution is 5.69. The number of ether oxygens (including phenoxy) is 1. The van der Waals surface area contributed by atoms with Crippen molar-refractivity contribution in [2.75, 3.05) is 6.61 Å². The van der Waals surface area contributed by atoms with E-state index in [1.54, 1.807) is 0 Å². The van der Waals surface area contributed by atoms with Crippen LogP contribution in [0.3, 0.4) is 0 Å². The molecule has 0 rings (SSSR count). The fraction of sp³-hybridized carbons (Fsp3) is 0.786. The molecule has 0 fully saturated rings. The lowest BCUT2D eigenvalue weighted by atomic mass is 10.1. The summed E-state index contributed by atoms with van der Waals surface area (Å²) >= 11 is 0. The molecule has 0 spiro atoms. The molecule has 0 bridgehead atoms. The van der Waals surface area contributed by atoms with Crippen LogP contribution >= 0.6 is 0 Å². The summed E-state index contributed by atoms with van der Waals surface area (Å²) in [6, 6.07) is 0. The van der Waals surface area contributed by atoms with Crippen molar-refractivity contribution in [2.24, 2.45) is 11.8 Å². The van der Waals surface area contributed by atoms with Crippen LogP contribution in [0.1, 0.15) is 53.4 Å². The molecular weight excluding hydrogens is 200 g/mol. The molecule has 0 aliphatic rings. The van der Waals surface area contributed by atoms with Crippen molar-refractivity contribution >= 4 is 5.97 Å². The lowest BCUT2D eigenvalue weighted by Crippen LogP contribution is -2.09. The van der Waals surface area contributed by atoms with E-state index in [4.69, 9.17) is 4.74 Å². The molecule has 2 nitrogen and oxygen atoms in total. The maximum absolute atomic E-state index is 11.2. The highest BCUT2D eigenvalue weighted by atomic mass is 16.5. The van der Waals surface area contributed by atoms with Gasteiger partial charge in [-0.15, -0.1) is 0 Å². The van der Waals surface area contributed by atoms with Crippen molar-refractivity contribution < 1.29 is 9.53 Å². The van der Waals surface area contributed by atoms with Crippen molar-refractivity contribution in [3.8, 4) is 0 Å². The Morgan fingerprint density at radius 1 is 1.19 bits per heavy atom. The number of carbonyl (C=O) groups excluding carboxylic acids is 1. The first-order valence-electron chi connectivity index (χ1n) is 6.34. The van der Waals surface area contributed by atoms with Crippen LogP contribution in [0.15, 0.2) is 12.2 Å². The lowest BCUT2D eigenvalue weighted by Gasteiger charge is -2.06. The molecule has 0 heterocycles. The Labute approximate surface area is 100 Å². The molecule has 0 radical (unpaired) electrons. The SMILES string of the molecule is CC(C)/C=C/CCCCC(=O)OCC(C)C. The Morgan fingerprint density at radius 3 is 2.44 bits per heavy atom. The molecule has 0 saturated carbocycles. The summed E-state index contributed by atoms with van der Waals surface area (Å²) in [5.74, 6) is 0.996. The summed E-state index contributed by atoms with van der Waals surface area (Å²) in [5, 5.41) is 0. The van der Waals surface area contributed by atoms with Crippen molar-refractivity contribution in [1.29, 1.82) is 0 Å². The Hall–Kier alpha value is -0.790. The number of rotatable bonds is 8. The third-order valence-corrected chi connectivity index (χ3v) is 2.10. The van der Waals surface area contributed by atoms with Crippen LogP contribution in [-0.2, 0) is 9.53 Å². The van der Waals surface area contributed by atoms with E-state index in [0.717, 1.165) is 19.3 Å². The van der Waals surface area contributed by atoms with Crippen molar-refractivity contribution in [1.82, 2.24) is 0 Å². The minimum atomic E-state index is -0.0541. The highest BCUT2D eigenvalue weighted by Gasteiger charge is 2.03. The van der Waals surface area contributed by atoms with E-state index in [9.17, 15) is 4.79 Å².